The second kappa shape index (κ2) is 8.05. The Morgan fingerprint density at radius 3 is 2.67 bits per heavy atom. The van der Waals surface area contributed by atoms with Crippen molar-refractivity contribution in [2.24, 2.45) is 0 Å². The Labute approximate surface area is 187 Å². The molecule has 3 aromatic rings. The molecule has 0 amide bonds. The molecule has 1 aromatic carbocycles. The third-order valence-corrected chi connectivity index (χ3v) is 7.11. The molecule has 1 aliphatic carbocycles. The molecular formula is C24H25ClN4S. The summed E-state index contributed by atoms with van der Waals surface area (Å²) in [4.78, 5) is 7.11. The Morgan fingerprint density at radius 2 is 1.93 bits per heavy atom. The molecule has 1 N–H and O–H groups in total. The molecule has 0 radical (unpaired) electrons. The lowest BCUT2D eigenvalue weighted by atomic mass is 9.99. The van der Waals surface area contributed by atoms with Crippen LogP contribution in [0, 0.1) is 6.92 Å². The van der Waals surface area contributed by atoms with E-state index >= 15 is 0 Å². The number of halogens is 1. The van der Waals surface area contributed by atoms with E-state index in [9.17, 15) is 0 Å². The summed E-state index contributed by atoms with van der Waals surface area (Å²) in [6.07, 6.45) is 8.89. The second-order valence-electron chi connectivity index (χ2n) is 8.21. The topological polar surface area (TPSA) is 33.1 Å². The number of rotatable bonds is 4. The highest BCUT2D eigenvalue weighted by molar-refractivity contribution is 7.80. The molecule has 2 atom stereocenters. The fourth-order valence-electron chi connectivity index (χ4n) is 4.91. The van der Waals surface area contributed by atoms with Gasteiger partial charge in [-0.3, -0.25) is 4.98 Å². The normalized spacial score (nSPS) is 21.9. The van der Waals surface area contributed by atoms with Crippen LogP contribution in [0.4, 0.5) is 0 Å². The minimum absolute atomic E-state index is 0.0151. The van der Waals surface area contributed by atoms with E-state index in [1.165, 1.54) is 31.4 Å². The van der Waals surface area contributed by atoms with Gasteiger partial charge in [-0.15, -0.1) is 0 Å². The molecule has 3 heterocycles. The number of nitrogens with zero attached hydrogens (tertiary/aromatic N) is 3. The largest absolute Gasteiger partial charge is 0.352 e. The zero-order valence-electron chi connectivity index (χ0n) is 17.0. The first-order chi connectivity index (χ1) is 14.6. The number of aryl methyl sites for hydroxylation is 1. The summed E-state index contributed by atoms with van der Waals surface area (Å²) in [6, 6.07) is 17.2. The maximum absolute atomic E-state index is 6.29. The number of thiocarbonyl (C=S) groups is 1. The van der Waals surface area contributed by atoms with E-state index in [2.05, 4.69) is 56.3 Å². The van der Waals surface area contributed by atoms with Gasteiger partial charge in [0.15, 0.2) is 5.11 Å². The molecule has 2 aromatic heterocycles. The third kappa shape index (κ3) is 3.40. The van der Waals surface area contributed by atoms with Crippen LogP contribution in [-0.2, 0) is 0 Å². The average molecular weight is 437 g/mol. The number of nitrogens with one attached hydrogen (secondary N) is 1. The third-order valence-electron chi connectivity index (χ3n) is 6.36. The van der Waals surface area contributed by atoms with Crippen molar-refractivity contribution in [3.63, 3.8) is 0 Å². The fraction of sp³-hybridized carbons (Fsp3) is 0.333. The van der Waals surface area contributed by atoms with E-state index in [0.29, 0.717) is 6.04 Å². The number of pyridine rings is 1. The Kier molecular flexibility index (Phi) is 5.25. The van der Waals surface area contributed by atoms with E-state index in [1.54, 1.807) is 0 Å². The summed E-state index contributed by atoms with van der Waals surface area (Å²) in [5.74, 6) is 0. The fourth-order valence-corrected chi connectivity index (χ4v) is 5.41. The van der Waals surface area contributed by atoms with Gasteiger partial charge in [-0.25, -0.2) is 0 Å². The molecule has 154 valence electrons. The average Bonchev–Trinajstić information content (AvgIpc) is 3.50. The van der Waals surface area contributed by atoms with Crippen LogP contribution in [0.15, 0.2) is 60.9 Å². The Morgan fingerprint density at radius 1 is 1.10 bits per heavy atom. The first-order valence-electron chi connectivity index (χ1n) is 10.6. The van der Waals surface area contributed by atoms with Crippen LogP contribution in [0.25, 0.3) is 5.69 Å². The van der Waals surface area contributed by atoms with Crippen molar-refractivity contribution >= 4 is 28.9 Å². The number of hydrogen-bond acceptors (Lipinski definition) is 2. The maximum Gasteiger partial charge on any atom is 0.170 e. The van der Waals surface area contributed by atoms with Crippen molar-refractivity contribution in [1.82, 2.24) is 19.8 Å². The molecule has 1 saturated heterocycles. The zero-order valence-corrected chi connectivity index (χ0v) is 18.5. The zero-order chi connectivity index (χ0) is 20.7. The van der Waals surface area contributed by atoms with Crippen LogP contribution in [0.3, 0.4) is 0 Å². The van der Waals surface area contributed by atoms with E-state index in [0.717, 1.165) is 27.1 Å². The molecule has 0 bridgehead atoms. The summed E-state index contributed by atoms with van der Waals surface area (Å²) in [5, 5.41) is 5.22. The standard InChI is InChI=1S/C24H25ClN4S/c1-16-15-18(11-12-19(16)25)28-14-6-10-21(28)23-22(20-9-4-5-13-26-20)27-24(30)29(23)17-7-2-3-8-17/h4-6,9-15,17,22-23H,2-3,7-8H2,1H3,(H,27,30). The number of hydrogen-bond donors (Lipinski definition) is 1. The quantitative estimate of drug-likeness (QED) is 0.528. The van der Waals surface area contributed by atoms with Gasteiger partial charge in [-0.2, -0.15) is 0 Å². The molecule has 1 saturated carbocycles. The molecule has 6 heteroatoms. The van der Waals surface area contributed by atoms with Crippen LogP contribution in [-0.4, -0.2) is 25.6 Å². The Balaban J connectivity index is 1.62. The predicted molar refractivity (Wildman–Crippen MR) is 125 cm³/mol. The van der Waals surface area contributed by atoms with Gasteiger partial charge in [0.1, 0.15) is 0 Å². The molecule has 2 fully saturated rings. The van der Waals surface area contributed by atoms with Gasteiger partial charge in [0.2, 0.25) is 0 Å². The van der Waals surface area contributed by atoms with Crippen molar-refractivity contribution in [1.29, 1.82) is 0 Å². The lowest BCUT2D eigenvalue weighted by Gasteiger charge is -2.33. The lowest BCUT2D eigenvalue weighted by Crippen LogP contribution is -2.38. The van der Waals surface area contributed by atoms with Gasteiger partial charge in [0.25, 0.3) is 0 Å². The molecule has 0 spiro atoms. The van der Waals surface area contributed by atoms with Crippen molar-refractivity contribution in [2.75, 3.05) is 0 Å². The highest BCUT2D eigenvalue weighted by Gasteiger charge is 2.44. The second-order valence-corrected chi connectivity index (χ2v) is 9.00. The van der Waals surface area contributed by atoms with E-state index in [1.807, 2.05) is 31.3 Å². The molecular weight excluding hydrogens is 412 g/mol. The first-order valence-corrected chi connectivity index (χ1v) is 11.4. The summed E-state index contributed by atoms with van der Waals surface area (Å²) < 4.78 is 2.27. The smallest absolute Gasteiger partial charge is 0.170 e. The number of aromatic nitrogens is 2. The van der Waals surface area contributed by atoms with E-state index in [-0.39, 0.29) is 12.1 Å². The van der Waals surface area contributed by atoms with Crippen LogP contribution in [0.1, 0.15) is 54.7 Å². The van der Waals surface area contributed by atoms with Gasteiger partial charge in [-0.05, 0) is 80.0 Å². The van der Waals surface area contributed by atoms with Crippen molar-refractivity contribution < 1.29 is 0 Å². The van der Waals surface area contributed by atoms with Crippen LogP contribution >= 0.6 is 23.8 Å². The van der Waals surface area contributed by atoms with Crippen LogP contribution in [0.2, 0.25) is 5.02 Å². The van der Waals surface area contributed by atoms with E-state index < -0.39 is 0 Å². The monoisotopic (exact) mass is 436 g/mol. The molecule has 4 nitrogen and oxygen atoms in total. The summed E-state index contributed by atoms with van der Waals surface area (Å²) >= 11 is 12.2. The molecule has 2 aliphatic rings. The van der Waals surface area contributed by atoms with Gasteiger partial charge in [-0.1, -0.05) is 30.5 Å². The van der Waals surface area contributed by atoms with Gasteiger partial charge >= 0.3 is 0 Å². The molecule has 30 heavy (non-hydrogen) atoms. The van der Waals surface area contributed by atoms with Gasteiger partial charge in [0, 0.05) is 34.8 Å². The summed E-state index contributed by atoms with van der Waals surface area (Å²) in [6.45, 7) is 2.04. The SMILES string of the molecule is Cc1cc(-n2cccc2C2C(c3ccccn3)NC(=S)N2C2CCCC2)ccc1Cl. The van der Waals surface area contributed by atoms with Gasteiger partial charge < -0.3 is 14.8 Å². The minimum atomic E-state index is 0.0151. The summed E-state index contributed by atoms with van der Waals surface area (Å²) in [7, 11) is 0. The maximum atomic E-state index is 6.29. The van der Waals surface area contributed by atoms with Crippen molar-refractivity contribution in [3.8, 4) is 5.69 Å². The highest BCUT2D eigenvalue weighted by atomic mass is 35.5. The molecule has 2 unspecified atom stereocenters. The minimum Gasteiger partial charge on any atom is -0.352 e. The van der Waals surface area contributed by atoms with Crippen LogP contribution < -0.4 is 5.32 Å². The van der Waals surface area contributed by atoms with Crippen molar-refractivity contribution in [3.05, 3.63) is 82.9 Å². The Hall–Kier alpha value is -2.37. The first kappa shape index (κ1) is 19.6. The number of benzene rings is 1. The summed E-state index contributed by atoms with van der Waals surface area (Å²) in [5.41, 5.74) is 4.42. The molecule has 1 aliphatic heterocycles. The predicted octanol–water partition coefficient (Wildman–Crippen LogP) is 5.75. The lowest BCUT2D eigenvalue weighted by molar-refractivity contribution is 0.239. The van der Waals surface area contributed by atoms with Crippen molar-refractivity contribution in [2.45, 2.75) is 50.7 Å². The van der Waals surface area contributed by atoms with Crippen LogP contribution in [0.5, 0.6) is 0 Å². The highest BCUT2D eigenvalue weighted by Crippen LogP contribution is 2.43. The van der Waals surface area contributed by atoms with Gasteiger partial charge in [0.05, 0.1) is 17.8 Å². The Bertz CT molecular complexity index is 1060. The van der Waals surface area contributed by atoms with E-state index in [4.69, 9.17) is 23.8 Å². The molecule has 5 rings (SSSR count).